The predicted molar refractivity (Wildman–Crippen MR) is 95.2 cm³/mol. The lowest BCUT2D eigenvalue weighted by Gasteiger charge is -2.22. The van der Waals surface area contributed by atoms with Crippen molar-refractivity contribution in [1.82, 2.24) is 0 Å². The molecule has 0 heterocycles. The van der Waals surface area contributed by atoms with Crippen LogP contribution in [0.25, 0.3) is 0 Å². The molecule has 0 aliphatic rings. The van der Waals surface area contributed by atoms with Gasteiger partial charge in [0.2, 0.25) is 0 Å². The van der Waals surface area contributed by atoms with Crippen LogP contribution in [0.4, 0.5) is 13.2 Å². The van der Waals surface area contributed by atoms with Gasteiger partial charge in [-0.25, -0.2) is 4.79 Å². The van der Waals surface area contributed by atoms with Gasteiger partial charge in [0.05, 0.1) is 11.1 Å². The summed E-state index contributed by atoms with van der Waals surface area (Å²) >= 11 is 0. The molecule has 2 rings (SSSR count). The third-order valence-corrected chi connectivity index (χ3v) is 4.26. The van der Waals surface area contributed by atoms with Crippen LogP contribution in [-0.4, -0.2) is 5.97 Å². The Morgan fingerprint density at radius 3 is 2.15 bits per heavy atom. The molecular weight excluding hydrogens is 341 g/mol. The Morgan fingerprint density at radius 2 is 1.62 bits per heavy atom. The lowest BCUT2D eigenvalue weighted by Crippen LogP contribution is -2.16. The van der Waals surface area contributed by atoms with Gasteiger partial charge in [-0.3, -0.25) is 0 Å². The Morgan fingerprint density at radius 1 is 1.00 bits per heavy atom. The van der Waals surface area contributed by atoms with Gasteiger partial charge in [-0.05, 0) is 48.6 Å². The van der Waals surface area contributed by atoms with Crippen LogP contribution in [0, 0.1) is 6.92 Å². The average Bonchev–Trinajstić information content (AvgIpc) is 2.52. The van der Waals surface area contributed by atoms with E-state index in [1.165, 1.54) is 25.1 Å². The number of hydrogen-bond acceptors (Lipinski definition) is 2. The summed E-state index contributed by atoms with van der Waals surface area (Å²) in [6.45, 7) is 9.56. The first-order chi connectivity index (χ1) is 11.9. The van der Waals surface area contributed by atoms with E-state index < -0.39 is 23.8 Å². The fraction of sp³-hybridized carbons (Fsp3) is 0.381. The van der Waals surface area contributed by atoms with Crippen LogP contribution < -0.4 is 0 Å². The van der Waals surface area contributed by atoms with Crippen molar-refractivity contribution in [2.45, 2.75) is 52.3 Å². The molecule has 1 atom stereocenters. The third kappa shape index (κ3) is 4.45. The van der Waals surface area contributed by atoms with Gasteiger partial charge < -0.3 is 4.74 Å². The van der Waals surface area contributed by atoms with Crippen LogP contribution in [0.1, 0.15) is 66.4 Å². The lowest BCUT2D eigenvalue weighted by atomic mass is 9.83. The molecule has 0 saturated carbocycles. The van der Waals surface area contributed by atoms with Crippen LogP contribution in [-0.2, 0) is 16.3 Å². The number of halogens is 3. The zero-order valence-corrected chi connectivity index (χ0v) is 15.6. The molecule has 0 amide bonds. The maximum Gasteiger partial charge on any atom is 0.416 e. The Kier molecular flexibility index (Phi) is 5.49. The summed E-state index contributed by atoms with van der Waals surface area (Å²) in [5.74, 6) is -0.641. The molecule has 0 aliphatic heterocycles. The molecule has 0 spiro atoms. The van der Waals surface area contributed by atoms with E-state index in [1.54, 1.807) is 12.1 Å². The number of aryl methyl sites for hydroxylation is 1. The van der Waals surface area contributed by atoms with Crippen LogP contribution in [0.3, 0.4) is 0 Å². The van der Waals surface area contributed by atoms with E-state index in [1.807, 2.05) is 13.0 Å². The van der Waals surface area contributed by atoms with E-state index in [0.29, 0.717) is 5.56 Å². The smallest absolute Gasteiger partial charge is 0.416 e. The first kappa shape index (κ1) is 20.0. The minimum atomic E-state index is -4.50. The molecule has 0 N–H and O–H groups in total. The molecule has 2 aromatic rings. The number of carbonyl (C=O) groups excluding carboxylic acids is 1. The summed E-state index contributed by atoms with van der Waals surface area (Å²) in [6, 6.07) is 10.4. The highest BCUT2D eigenvalue weighted by Gasteiger charge is 2.35. The summed E-state index contributed by atoms with van der Waals surface area (Å²) in [5, 5.41) is 0. The number of ether oxygens (including phenoxy) is 1. The van der Waals surface area contributed by atoms with E-state index in [4.69, 9.17) is 4.74 Å². The highest BCUT2D eigenvalue weighted by atomic mass is 19.4. The minimum absolute atomic E-state index is 0.0589. The summed E-state index contributed by atoms with van der Waals surface area (Å²) < 4.78 is 44.7. The van der Waals surface area contributed by atoms with Crippen molar-refractivity contribution in [3.05, 3.63) is 70.3 Å². The SMILES string of the molecule is Cc1cc(C(=O)OC(C)c2ccccc2C(F)(F)F)ccc1C(C)(C)C. The highest BCUT2D eigenvalue weighted by molar-refractivity contribution is 5.90. The number of carbonyl (C=O) groups is 1. The molecule has 140 valence electrons. The van der Waals surface area contributed by atoms with Crippen molar-refractivity contribution in [3.63, 3.8) is 0 Å². The summed E-state index contributed by atoms with van der Waals surface area (Å²) in [6.07, 6.45) is -5.51. The zero-order chi connectivity index (χ0) is 19.7. The van der Waals surface area contributed by atoms with E-state index in [9.17, 15) is 18.0 Å². The Hall–Kier alpha value is -2.30. The molecule has 5 heteroatoms. The van der Waals surface area contributed by atoms with Gasteiger partial charge in [-0.1, -0.05) is 45.0 Å². The number of hydrogen-bond donors (Lipinski definition) is 0. The zero-order valence-electron chi connectivity index (χ0n) is 15.6. The number of benzene rings is 2. The van der Waals surface area contributed by atoms with Gasteiger partial charge in [-0.2, -0.15) is 13.2 Å². The Balaban J connectivity index is 2.25. The first-order valence-electron chi connectivity index (χ1n) is 8.39. The van der Waals surface area contributed by atoms with Gasteiger partial charge in [0.15, 0.2) is 0 Å². The maximum atomic E-state index is 13.1. The van der Waals surface area contributed by atoms with E-state index in [2.05, 4.69) is 20.8 Å². The molecule has 0 radical (unpaired) electrons. The summed E-state index contributed by atoms with van der Waals surface area (Å²) in [5.41, 5.74) is 1.45. The van der Waals surface area contributed by atoms with Crippen LogP contribution in [0.5, 0.6) is 0 Å². The van der Waals surface area contributed by atoms with Gasteiger partial charge in [-0.15, -0.1) is 0 Å². The molecule has 0 fully saturated rings. The second-order valence-corrected chi connectivity index (χ2v) is 7.41. The van der Waals surface area contributed by atoms with Crippen molar-refractivity contribution in [2.75, 3.05) is 0 Å². The molecule has 0 aromatic heterocycles. The van der Waals surface area contributed by atoms with E-state index in [0.717, 1.165) is 17.2 Å². The lowest BCUT2D eigenvalue weighted by molar-refractivity contribution is -0.139. The molecule has 2 aromatic carbocycles. The second kappa shape index (κ2) is 7.14. The normalized spacial score (nSPS) is 13.4. The number of alkyl halides is 3. The number of esters is 1. The minimum Gasteiger partial charge on any atom is -0.454 e. The van der Waals surface area contributed by atoms with E-state index in [-0.39, 0.29) is 11.0 Å². The predicted octanol–water partition coefficient (Wildman–Crippen LogP) is 6.23. The first-order valence-corrected chi connectivity index (χ1v) is 8.39. The van der Waals surface area contributed by atoms with Crippen molar-refractivity contribution >= 4 is 5.97 Å². The molecule has 0 saturated heterocycles. The monoisotopic (exact) mass is 364 g/mol. The average molecular weight is 364 g/mol. The quantitative estimate of drug-likeness (QED) is 0.604. The fourth-order valence-electron chi connectivity index (χ4n) is 3.03. The molecular formula is C21H23F3O2. The standard InChI is InChI=1S/C21H23F3O2/c1-13-12-15(10-11-17(13)20(3,4)5)19(25)26-14(2)16-8-6-7-9-18(16)21(22,23)24/h6-12,14H,1-5H3. The van der Waals surface area contributed by atoms with Gasteiger partial charge >= 0.3 is 12.1 Å². The van der Waals surface area contributed by atoms with Crippen molar-refractivity contribution in [2.24, 2.45) is 0 Å². The van der Waals surface area contributed by atoms with Crippen molar-refractivity contribution in [3.8, 4) is 0 Å². The molecule has 2 nitrogen and oxygen atoms in total. The molecule has 0 bridgehead atoms. The van der Waals surface area contributed by atoms with E-state index >= 15 is 0 Å². The summed E-state index contributed by atoms with van der Waals surface area (Å²) in [7, 11) is 0. The van der Waals surface area contributed by atoms with Gasteiger partial charge in [0.1, 0.15) is 6.10 Å². The third-order valence-electron chi connectivity index (χ3n) is 4.26. The van der Waals surface area contributed by atoms with Gasteiger partial charge in [0, 0.05) is 5.56 Å². The topological polar surface area (TPSA) is 26.3 Å². The Labute approximate surface area is 152 Å². The summed E-state index contributed by atoms with van der Waals surface area (Å²) in [4.78, 5) is 12.4. The van der Waals surface area contributed by atoms with Crippen LogP contribution >= 0.6 is 0 Å². The molecule has 26 heavy (non-hydrogen) atoms. The Bertz CT molecular complexity index is 802. The molecule has 0 aliphatic carbocycles. The second-order valence-electron chi connectivity index (χ2n) is 7.41. The van der Waals surface area contributed by atoms with Crippen LogP contribution in [0.15, 0.2) is 42.5 Å². The van der Waals surface area contributed by atoms with Crippen molar-refractivity contribution < 1.29 is 22.7 Å². The van der Waals surface area contributed by atoms with Gasteiger partial charge in [0.25, 0.3) is 0 Å². The highest BCUT2D eigenvalue weighted by Crippen LogP contribution is 2.35. The van der Waals surface area contributed by atoms with Crippen LogP contribution in [0.2, 0.25) is 0 Å². The largest absolute Gasteiger partial charge is 0.454 e. The maximum absolute atomic E-state index is 13.1. The molecule has 1 unspecified atom stereocenters. The van der Waals surface area contributed by atoms with Crippen molar-refractivity contribution in [1.29, 1.82) is 0 Å². The fourth-order valence-corrected chi connectivity index (χ4v) is 3.03. The number of rotatable bonds is 3.